The van der Waals surface area contributed by atoms with E-state index in [2.05, 4.69) is 5.32 Å². The van der Waals surface area contributed by atoms with Gasteiger partial charge in [-0.05, 0) is 37.5 Å². The first-order chi connectivity index (χ1) is 10.6. The molecule has 2 rings (SSSR count). The number of hydrogen-bond donors (Lipinski definition) is 1. The summed E-state index contributed by atoms with van der Waals surface area (Å²) in [4.78, 5) is 25.3. The first-order valence-electron chi connectivity index (χ1n) is 7.54. The van der Waals surface area contributed by atoms with E-state index < -0.39 is 0 Å². The Kier molecular flexibility index (Phi) is 6.07. The number of carbonyl (C=O) groups is 2. The molecule has 0 spiro atoms. The zero-order valence-corrected chi connectivity index (χ0v) is 13.4. The van der Waals surface area contributed by atoms with E-state index in [9.17, 15) is 9.59 Å². The second kappa shape index (κ2) is 8.03. The average molecular weight is 325 g/mol. The van der Waals surface area contributed by atoms with E-state index in [1.165, 1.54) is 0 Å². The predicted octanol–water partition coefficient (Wildman–Crippen LogP) is 2.62. The summed E-state index contributed by atoms with van der Waals surface area (Å²) in [5, 5.41) is 3.69. The average Bonchev–Trinajstić information content (AvgIpc) is 2.50. The first kappa shape index (κ1) is 16.6. The first-order valence-corrected chi connectivity index (χ1v) is 7.91. The Morgan fingerprint density at radius 3 is 2.50 bits per heavy atom. The summed E-state index contributed by atoms with van der Waals surface area (Å²) >= 11 is 5.82. The zero-order chi connectivity index (χ0) is 15.9. The number of amides is 2. The number of likely N-dealkylation sites (tertiary alicyclic amines) is 1. The fourth-order valence-corrected chi connectivity index (χ4v) is 2.61. The van der Waals surface area contributed by atoms with Gasteiger partial charge in [0, 0.05) is 24.2 Å². The van der Waals surface area contributed by atoms with E-state index in [0.29, 0.717) is 31.1 Å². The van der Waals surface area contributed by atoms with E-state index in [-0.39, 0.29) is 18.0 Å². The molecule has 6 heteroatoms. The van der Waals surface area contributed by atoms with Gasteiger partial charge in [-0.1, -0.05) is 23.7 Å². The van der Waals surface area contributed by atoms with E-state index in [4.69, 9.17) is 16.3 Å². The highest BCUT2D eigenvalue weighted by atomic mass is 35.5. The number of halogens is 1. The van der Waals surface area contributed by atoms with Crippen molar-refractivity contribution in [3.63, 3.8) is 0 Å². The Morgan fingerprint density at radius 2 is 1.91 bits per heavy atom. The number of benzene rings is 1. The molecular formula is C16H21ClN2O3. The monoisotopic (exact) mass is 324 g/mol. The molecule has 0 aliphatic carbocycles. The molecule has 1 aliphatic rings. The molecule has 1 N–H and O–H groups in total. The van der Waals surface area contributed by atoms with Gasteiger partial charge in [-0.15, -0.1) is 0 Å². The third-order valence-corrected chi connectivity index (χ3v) is 3.92. The van der Waals surface area contributed by atoms with Gasteiger partial charge in [-0.2, -0.15) is 0 Å². The molecule has 0 bridgehead atoms. The topological polar surface area (TPSA) is 58.6 Å². The summed E-state index contributed by atoms with van der Waals surface area (Å²) in [6.45, 7) is 3.41. The highest BCUT2D eigenvalue weighted by molar-refractivity contribution is 6.30. The molecule has 1 heterocycles. The second-order valence-electron chi connectivity index (χ2n) is 5.33. The molecule has 1 aliphatic heterocycles. The molecule has 0 unspecified atom stereocenters. The number of ether oxygens (including phenoxy) is 1. The number of nitrogens with one attached hydrogen (secondary N) is 1. The fraction of sp³-hybridized carbons (Fsp3) is 0.500. The van der Waals surface area contributed by atoms with E-state index in [0.717, 1.165) is 18.4 Å². The number of hydrogen-bond acceptors (Lipinski definition) is 3. The van der Waals surface area contributed by atoms with Crippen molar-refractivity contribution in [1.29, 1.82) is 0 Å². The number of rotatable bonds is 4. The molecule has 120 valence electrons. The quantitative estimate of drug-likeness (QED) is 0.926. The normalized spacial score (nSPS) is 15.5. The molecule has 1 aromatic rings. The Morgan fingerprint density at radius 1 is 1.27 bits per heavy atom. The summed E-state index contributed by atoms with van der Waals surface area (Å²) in [7, 11) is 0. The molecule has 1 saturated heterocycles. The summed E-state index contributed by atoms with van der Waals surface area (Å²) in [5.74, 6) is -0.00286. The lowest BCUT2D eigenvalue weighted by molar-refractivity contribution is -0.121. The number of nitrogens with zero attached hydrogens (tertiary/aromatic N) is 1. The van der Waals surface area contributed by atoms with Crippen LogP contribution in [-0.2, 0) is 16.0 Å². The Balaban J connectivity index is 1.74. The van der Waals surface area contributed by atoms with Crippen LogP contribution < -0.4 is 5.32 Å². The maximum atomic E-state index is 12.0. The van der Waals surface area contributed by atoms with E-state index >= 15 is 0 Å². The Labute approximate surface area is 135 Å². The molecule has 1 aromatic carbocycles. The van der Waals surface area contributed by atoms with Crippen LogP contribution in [0.15, 0.2) is 24.3 Å². The van der Waals surface area contributed by atoms with Crippen LogP contribution in [0.2, 0.25) is 5.02 Å². The van der Waals surface area contributed by atoms with Gasteiger partial charge in [-0.3, -0.25) is 4.79 Å². The van der Waals surface area contributed by atoms with Crippen molar-refractivity contribution in [1.82, 2.24) is 10.2 Å². The molecule has 22 heavy (non-hydrogen) atoms. The highest BCUT2D eigenvalue weighted by Gasteiger charge is 2.24. The van der Waals surface area contributed by atoms with E-state index in [1.54, 1.807) is 24.0 Å². The van der Waals surface area contributed by atoms with Gasteiger partial charge < -0.3 is 15.0 Å². The molecular weight excluding hydrogens is 304 g/mol. The SMILES string of the molecule is CCOC(=O)N1CCC(NC(=O)Cc2ccc(Cl)cc2)CC1. The molecule has 0 aromatic heterocycles. The molecule has 1 fully saturated rings. The lowest BCUT2D eigenvalue weighted by Crippen LogP contribution is -2.47. The molecule has 0 saturated carbocycles. The van der Waals surface area contributed by atoms with Gasteiger partial charge in [0.2, 0.25) is 5.91 Å². The molecule has 5 nitrogen and oxygen atoms in total. The van der Waals surface area contributed by atoms with Crippen molar-refractivity contribution in [3.05, 3.63) is 34.9 Å². The third kappa shape index (κ3) is 4.91. The van der Waals surface area contributed by atoms with Gasteiger partial charge in [0.25, 0.3) is 0 Å². The second-order valence-corrected chi connectivity index (χ2v) is 5.77. The van der Waals surface area contributed by atoms with Crippen molar-refractivity contribution >= 4 is 23.6 Å². The summed E-state index contributed by atoms with van der Waals surface area (Å²) in [5.41, 5.74) is 0.936. The number of carbonyl (C=O) groups excluding carboxylic acids is 2. The molecule has 0 radical (unpaired) electrons. The van der Waals surface area contributed by atoms with Crippen molar-refractivity contribution < 1.29 is 14.3 Å². The summed E-state index contributed by atoms with van der Waals surface area (Å²) in [6.07, 6.45) is 1.58. The van der Waals surface area contributed by atoms with Crippen LogP contribution in [0.3, 0.4) is 0 Å². The standard InChI is InChI=1S/C16H21ClN2O3/c1-2-22-16(21)19-9-7-14(8-10-19)18-15(20)11-12-3-5-13(17)6-4-12/h3-6,14H,2,7-11H2,1H3,(H,18,20). The van der Waals surface area contributed by atoms with Crippen LogP contribution >= 0.6 is 11.6 Å². The third-order valence-electron chi connectivity index (χ3n) is 3.66. The van der Waals surface area contributed by atoms with Crippen LogP contribution in [0.1, 0.15) is 25.3 Å². The number of piperidine rings is 1. The van der Waals surface area contributed by atoms with Crippen molar-refractivity contribution in [2.45, 2.75) is 32.2 Å². The smallest absolute Gasteiger partial charge is 0.409 e. The lowest BCUT2D eigenvalue weighted by atomic mass is 10.0. The van der Waals surface area contributed by atoms with Gasteiger partial charge in [0.1, 0.15) is 0 Å². The van der Waals surface area contributed by atoms with Gasteiger partial charge in [0.15, 0.2) is 0 Å². The van der Waals surface area contributed by atoms with Crippen molar-refractivity contribution in [2.24, 2.45) is 0 Å². The largest absolute Gasteiger partial charge is 0.450 e. The van der Waals surface area contributed by atoms with Crippen LogP contribution in [0.25, 0.3) is 0 Å². The van der Waals surface area contributed by atoms with Crippen LogP contribution in [0.5, 0.6) is 0 Å². The van der Waals surface area contributed by atoms with Crippen molar-refractivity contribution in [3.8, 4) is 0 Å². The minimum atomic E-state index is -0.270. The van der Waals surface area contributed by atoms with Crippen LogP contribution in [0.4, 0.5) is 4.79 Å². The van der Waals surface area contributed by atoms with E-state index in [1.807, 2.05) is 12.1 Å². The van der Waals surface area contributed by atoms with Gasteiger partial charge in [0.05, 0.1) is 13.0 Å². The Hall–Kier alpha value is -1.75. The maximum Gasteiger partial charge on any atom is 0.409 e. The molecule has 0 atom stereocenters. The minimum Gasteiger partial charge on any atom is -0.450 e. The highest BCUT2D eigenvalue weighted by Crippen LogP contribution is 2.13. The van der Waals surface area contributed by atoms with Crippen LogP contribution in [-0.4, -0.2) is 42.6 Å². The van der Waals surface area contributed by atoms with Crippen molar-refractivity contribution in [2.75, 3.05) is 19.7 Å². The van der Waals surface area contributed by atoms with Crippen LogP contribution in [0, 0.1) is 0 Å². The van der Waals surface area contributed by atoms with Gasteiger partial charge in [-0.25, -0.2) is 4.79 Å². The minimum absolute atomic E-state index is 0.00286. The zero-order valence-electron chi connectivity index (χ0n) is 12.7. The molecule has 2 amide bonds. The maximum absolute atomic E-state index is 12.0. The van der Waals surface area contributed by atoms with Gasteiger partial charge >= 0.3 is 6.09 Å². The fourth-order valence-electron chi connectivity index (χ4n) is 2.49. The summed E-state index contributed by atoms with van der Waals surface area (Å²) < 4.78 is 4.98. The Bertz CT molecular complexity index is 511. The predicted molar refractivity (Wildman–Crippen MR) is 84.9 cm³/mol. The summed E-state index contributed by atoms with van der Waals surface area (Å²) in [6, 6.07) is 7.38. The lowest BCUT2D eigenvalue weighted by Gasteiger charge is -2.31.